The van der Waals surface area contributed by atoms with Gasteiger partial charge in [-0.1, -0.05) is 6.08 Å². The Morgan fingerprint density at radius 1 is 1.40 bits per heavy atom. The Hall–Kier alpha value is -1.72. The van der Waals surface area contributed by atoms with E-state index in [9.17, 15) is 4.39 Å². The predicted molar refractivity (Wildman–Crippen MR) is 77.9 cm³/mol. The molecule has 0 saturated heterocycles. The molecule has 5 heteroatoms. The molecule has 2 aromatic rings. The van der Waals surface area contributed by atoms with Gasteiger partial charge in [-0.05, 0) is 48.7 Å². The van der Waals surface area contributed by atoms with Crippen molar-refractivity contribution in [1.29, 1.82) is 0 Å². The van der Waals surface area contributed by atoms with Crippen LogP contribution in [-0.4, -0.2) is 31.5 Å². The number of nitrogens with zero attached hydrogens (tertiary/aromatic N) is 1. The summed E-state index contributed by atoms with van der Waals surface area (Å²) in [5, 5.41) is 9.27. The Kier molecular flexibility index (Phi) is 4.87. The van der Waals surface area contributed by atoms with Gasteiger partial charge in [0.2, 0.25) is 0 Å². The Labute approximate surface area is 120 Å². The molecule has 0 aliphatic carbocycles. The van der Waals surface area contributed by atoms with Gasteiger partial charge in [0.05, 0.1) is 0 Å². The van der Waals surface area contributed by atoms with Crippen LogP contribution >= 0.6 is 11.3 Å². The first-order valence-corrected chi connectivity index (χ1v) is 7.08. The summed E-state index contributed by atoms with van der Waals surface area (Å²) in [6, 6.07) is 7.13. The van der Waals surface area contributed by atoms with Gasteiger partial charge in [0.1, 0.15) is 5.82 Å². The van der Waals surface area contributed by atoms with Crippen LogP contribution in [0.2, 0.25) is 0 Å². The van der Waals surface area contributed by atoms with E-state index in [1.165, 1.54) is 21.2 Å². The Bertz CT molecular complexity index is 636. The lowest BCUT2D eigenvalue weighted by Crippen LogP contribution is -2.23. The van der Waals surface area contributed by atoms with Gasteiger partial charge in [-0.3, -0.25) is 0 Å². The molecule has 0 atom stereocenters. The fraction of sp³-hybridized carbons (Fsp3) is 0.267. The lowest BCUT2D eigenvalue weighted by atomic mass is 10.1. The molecule has 1 aliphatic heterocycles. The van der Waals surface area contributed by atoms with Crippen LogP contribution in [0.25, 0.3) is 15.7 Å². The predicted octanol–water partition coefficient (Wildman–Crippen LogP) is 2.13. The highest BCUT2D eigenvalue weighted by molar-refractivity contribution is 7.20. The number of hydrogen-bond donors (Lipinski definition) is 0. The molecule has 106 valence electrons. The lowest BCUT2D eigenvalue weighted by Gasteiger charge is -2.21. The SMILES string of the molecule is CN1CC=C(c2cc3cc(F)ccc3s2)CC1.O=C[O-]. The third kappa shape index (κ3) is 3.43. The molecule has 1 aliphatic rings. The molecular formula is C15H15FNO2S-. The number of carbonyl (C=O) groups is 1. The number of fused-ring (bicyclic) bond motifs is 1. The Balaban J connectivity index is 0.000000452. The summed E-state index contributed by atoms with van der Waals surface area (Å²) in [7, 11) is 2.13. The summed E-state index contributed by atoms with van der Waals surface area (Å²) in [6.45, 7) is 1.62. The molecule has 0 unspecified atom stereocenters. The number of benzene rings is 1. The van der Waals surface area contributed by atoms with Crippen molar-refractivity contribution in [2.75, 3.05) is 20.1 Å². The molecule has 1 aromatic heterocycles. The van der Waals surface area contributed by atoms with Crippen LogP contribution in [0, 0.1) is 5.82 Å². The summed E-state index contributed by atoms with van der Waals surface area (Å²) in [5.41, 5.74) is 1.41. The highest BCUT2D eigenvalue weighted by Gasteiger charge is 2.12. The van der Waals surface area contributed by atoms with Crippen LogP contribution < -0.4 is 5.11 Å². The van der Waals surface area contributed by atoms with E-state index in [1.807, 2.05) is 6.07 Å². The molecular weight excluding hydrogens is 277 g/mol. The maximum Gasteiger partial charge on any atom is 0.123 e. The van der Waals surface area contributed by atoms with Crippen LogP contribution in [0.15, 0.2) is 30.3 Å². The van der Waals surface area contributed by atoms with Crippen molar-refractivity contribution in [2.24, 2.45) is 0 Å². The van der Waals surface area contributed by atoms with E-state index in [1.54, 1.807) is 17.4 Å². The number of carbonyl (C=O) groups excluding carboxylic acids is 1. The third-order valence-corrected chi connectivity index (χ3v) is 4.40. The maximum absolute atomic E-state index is 13.1. The zero-order valence-electron chi connectivity index (χ0n) is 11.1. The summed E-state index contributed by atoms with van der Waals surface area (Å²) in [4.78, 5) is 11.8. The second-order valence-electron chi connectivity index (χ2n) is 4.63. The topological polar surface area (TPSA) is 43.4 Å². The van der Waals surface area contributed by atoms with Gasteiger partial charge < -0.3 is 14.8 Å². The normalized spacial score (nSPS) is 15.4. The molecule has 0 fully saturated rings. The Morgan fingerprint density at radius 3 is 2.80 bits per heavy atom. The Morgan fingerprint density at radius 2 is 2.15 bits per heavy atom. The van der Waals surface area contributed by atoms with Gasteiger partial charge in [-0.2, -0.15) is 0 Å². The summed E-state index contributed by atoms with van der Waals surface area (Å²) < 4.78 is 14.3. The molecule has 0 spiro atoms. The molecule has 3 rings (SSSR count). The standard InChI is InChI=1S/C14H14FNS.CH2O2/c1-16-6-4-10(5-7-16)14-9-11-8-12(15)2-3-13(11)17-14;2-1-3/h2-4,8-9H,5-7H2,1H3;1H,(H,2,3)/p-1. The second-order valence-corrected chi connectivity index (χ2v) is 5.71. The number of likely N-dealkylation sites (N-methyl/N-ethyl adjacent to an activating group) is 1. The van der Waals surface area contributed by atoms with Crippen molar-refractivity contribution in [2.45, 2.75) is 6.42 Å². The quantitative estimate of drug-likeness (QED) is 0.756. The second kappa shape index (κ2) is 6.63. The first kappa shape index (κ1) is 14.7. The van der Waals surface area contributed by atoms with Crippen molar-refractivity contribution in [3.8, 4) is 0 Å². The highest BCUT2D eigenvalue weighted by atomic mass is 32.1. The summed E-state index contributed by atoms with van der Waals surface area (Å²) in [6.07, 6.45) is 3.37. The average Bonchev–Trinajstić information content (AvgIpc) is 2.83. The molecule has 0 amide bonds. The molecule has 1 aromatic carbocycles. The van der Waals surface area contributed by atoms with E-state index in [-0.39, 0.29) is 5.82 Å². The number of halogens is 1. The van der Waals surface area contributed by atoms with Crippen LogP contribution in [0.1, 0.15) is 11.3 Å². The van der Waals surface area contributed by atoms with Crippen LogP contribution in [0.4, 0.5) is 4.39 Å². The number of rotatable bonds is 1. The van der Waals surface area contributed by atoms with Gasteiger partial charge in [0.25, 0.3) is 0 Å². The molecule has 0 saturated carbocycles. The van der Waals surface area contributed by atoms with Crippen molar-refractivity contribution < 1.29 is 14.3 Å². The van der Waals surface area contributed by atoms with Crippen molar-refractivity contribution in [3.63, 3.8) is 0 Å². The van der Waals surface area contributed by atoms with Gasteiger partial charge >= 0.3 is 0 Å². The molecule has 3 nitrogen and oxygen atoms in total. The van der Waals surface area contributed by atoms with Crippen LogP contribution in [0.3, 0.4) is 0 Å². The molecule has 0 bridgehead atoms. The summed E-state index contributed by atoms with van der Waals surface area (Å²) in [5.74, 6) is -0.154. The minimum Gasteiger partial charge on any atom is -0.554 e. The van der Waals surface area contributed by atoms with Crippen molar-refractivity contribution in [3.05, 3.63) is 41.0 Å². The van der Waals surface area contributed by atoms with E-state index >= 15 is 0 Å². The van der Waals surface area contributed by atoms with E-state index in [2.05, 4.69) is 24.1 Å². The van der Waals surface area contributed by atoms with Crippen molar-refractivity contribution >= 4 is 33.5 Å². The van der Waals surface area contributed by atoms with E-state index < -0.39 is 6.47 Å². The first-order valence-electron chi connectivity index (χ1n) is 6.26. The number of hydrogen-bond acceptors (Lipinski definition) is 4. The van der Waals surface area contributed by atoms with Crippen molar-refractivity contribution in [1.82, 2.24) is 4.90 Å². The van der Waals surface area contributed by atoms with Gasteiger partial charge in [-0.15, -0.1) is 11.3 Å². The zero-order chi connectivity index (χ0) is 14.5. The minimum atomic E-state index is -0.500. The smallest absolute Gasteiger partial charge is 0.123 e. The molecule has 20 heavy (non-hydrogen) atoms. The number of thiophene rings is 1. The van der Waals surface area contributed by atoms with E-state index in [0.717, 1.165) is 24.9 Å². The van der Waals surface area contributed by atoms with Gasteiger partial charge in [0, 0.05) is 29.1 Å². The van der Waals surface area contributed by atoms with E-state index in [4.69, 9.17) is 9.90 Å². The fourth-order valence-corrected chi connectivity index (χ4v) is 3.28. The molecule has 0 radical (unpaired) electrons. The number of carboxylic acid groups (broad SMARTS) is 1. The largest absolute Gasteiger partial charge is 0.554 e. The zero-order valence-corrected chi connectivity index (χ0v) is 12.0. The fourth-order valence-electron chi connectivity index (χ4n) is 2.17. The maximum atomic E-state index is 13.1. The van der Waals surface area contributed by atoms with Gasteiger partial charge in [0.15, 0.2) is 0 Å². The van der Waals surface area contributed by atoms with Crippen LogP contribution in [0.5, 0.6) is 0 Å². The van der Waals surface area contributed by atoms with E-state index in [0.29, 0.717) is 0 Å². The minimum absolute atomic E-state index is 0.154. The first-order chi connectivity index (χ1) is 9.63. The molecule has 0 N–H and O–H groups in total. The van der Waals surface area contributed by atoms with Crippen LogP contribution in [-0.2, 0) is 4.79 Å². The monoisotopic (exact) mass is 292 g/mol. The highest BCUT2D eigenvalue weighted by Crippen LogP contribution is 2.33. The molecule has 2 heterocycles. The lowest BCUT2D eigenvalue weighted by molar-refractivity contribution is -0.283. The average molecular weight is 292 g/mol. The summed E-state index contributed by atoms with van der Waals surface area (Å²) >= 11 is 1.76. The van der Waals surface area contributed by atoms with Gasteiger partial charge in [-0.25, -0.2) is 4.39 Å². The third-order valence-electron chi connectivity index (χ3n) is 3.21.